The van der Waals surface area contributed by atoms with Crippen molar-refractivity contribution < 1.29 is 56.3 Å². The van der Waals surface area contributed by atoms with Gasteiger partial charge in [0.15, 0.2) is 5.78 Å². The van der Waals surface area contributed by atoms with Crippen LogP contribution in [0.2, 0.25) is 19.6 Å². The number of ketones is 1. The second-order valence-corrected chi connectivity index (χ2v) is 19.6. The largest absolute Gasteiger partial charge is 0.512 e. The molecule has 5 aromatic rings. The average molecular weight is 968 g/mol. The monoisotopic (exact) mass is 968 g/mol. The standard InChI is InChI=1S/C31H21F6N2Si.C13H24O2.Ir/c1-40(2,3)28-14-21(13-19-7-4-5-9-22(19)28)27-15-24-20(17-39-27)8-6-10-23(24)29-25(30(32,33)34)11-18(16-38)12-26(29)31(35,36)37;1-5-10(6-2)12(14)9-13(15)11(7-3)8-4;/h4-12,14-15,17H,1-3H3;9-11,14H,5-8H2,1-4H3;/q-1;;/b;12-9-;. The topological polar surface area (TPSA) is 74.0 Å². The summed E-state index contributed by atoms with van der Waals surface area (Å²) in [4.78, 5) is 16.2. The molecular weight excluding hydrogens is 923 g/mol. The van der Waals surface area contributed by atoms with Crippen LogP contribution in [0.4, 0.5) is 26.3 Å². The van der Waals surface area contributed by atoms with Gasteiger partial charge in [0.2, 0.25) is 0 Å². The number of carbonyl (C=O) groups is 1. The van der Waals surface area contributed by atoms with Crippen molar-refractivity contribution in [1.29, 1.82) is 5.26 Å². The Bertz CT molecular complexity index is 2210. The molecule has 5 rings (SSSR count). The Morgan fingerprint density at radius 3 is 1.93 bits per heavy atom. The van der Waals surface area contributed by atoms with Crippen LogP contribution in [0.15, 0.2) is 84.8 Å². The van der Waals surface area contributed by atoms with E-state index < -0.39 is 42.7 Å². The fourth-order valence-corrected chi connectivity index (χ4v) is 8.35. The summed E-state index contributed by atoms with van der Waals surface area (Å²) in [7, 11) is -1.87. The molecular formula is C44H45F6IrN2O2Si-. The van der Waals surface area contributed by atoms with Gasteiger partial charge in [-0.3, -0.25) is 9.78 Å². The van der Waals surface area contributed by atoms with E-state index in [0.29, 0.717) is 28.8 Å². The zero-order chi connectivity index (χ0) is 40.9. The molecule has 0 saturated carbocycles. The van der Waals surface area contributed by atoms with E-state index >= 15 is 0 Å². The molecule has 299 valence electrons. The summed E-state index contributed by atoms with van der Waals surface area (Å²) in [5, 5.41) is 22.5. The number of halogens is 6. The zero-order valence-corrected chi connectivity index (χ0v) is 35.7. The van der Waals surface area contributed by atoms with E-state index in [-0.39, 0.29) is 54.4 Å². The Morgan fingerprint density at radius 2 is 1.41 bits per heavy atom. The first kappa shape index (κ1) is 46.1. The van der Waals surface area contributed by atoms with Crippen molar-refractivity contribution in [3.05, 3.63) is 108 Å². The Labute approximate surface area is 339 Å². The van der Waals surface area contributed by atoms with E-state index in [1.54, 1.807) is 6.07 Å². The van der Waals surface area contributed by atoms with E-state index in [1.807, 2.05) is 58.0 Å². The van der Waals surface area contributed by atoms with Gasteiger partial charge in [-0.25, -0.2) is 0 Å². The zero-order valence-electron chi connectivity index (χ0n) is 32.3. The van der Waals surface area contributed by atoms with Gasteiger partial charge in [-0.1, -0.05) is 101 Å². The molecule has 1 aromatic heterocycles. The summed E-state index contributed by atoms with van der Waals surface area (Å²) in [6.07, 6.45) is -3.93. The summed E-state index contributed by atoms with van der Waals surface area (Å²) in [5.74, 6) is 0.547. The summed E-state index contributed by atoms with van der Waals surface area (Å²) in [6, 6.07) is 21.1. The number of aliphatic hydroxyl groups is 1. The van der Waals surface area contributed by atoms with Crippen molar-refractivity contribution >= 4 is 40.6 Å². The first-order chi connectivity index (χ1) is 25.8. The maximum atomic E-state index is 14.2. The number of carbonyl (C=O) groups excluding carboxylic acids is 1. The third-order valence-electron chi connectivity index (χ3n) is 9.85. The van der Waals surface area contributed by atoms with Crippen LogP contribution < -0.4 is 5.19 Å². The summed E-state index contributed by atoms with van der Waals surface area (Å²) in [6.45, 7) is 14.6. The molecule has 4 aromatic carbocycles. The van der Waals surface area contributed by atoms with E-state index in [2.05, 4.69) is 30.7 Å². The molecule has 1 N–H and O–H groups in total. The fraction of sp³-hybridized carbons (Fsp3) is 0.341. The minimum absolute atomic E-state index is 0. The molecule has 0 aliphatic carbocycles. The maximum absolute atomic E-state index is 14.2. The fourth-order valence-electron chi connectivity index (χ4n) is 6.75. The molecule has 0 bridgehead atoms. The van der Waals surface area contributed by atoms with Crippen LogP contribution in [0.25, 0.3) is 43.9 Å². The second kappa shape index (κ2) is 18.8. The van der Waals surface area contributed by atoms with Gasteiger partial charge >= 0.3 is 12.4 Å². The number of allylic oxidation sites excluding steroid dienone is 2. The number of hydrogen-bond acceptors (Lipinski definition) is 4. The first-order valence-electron chi connectivity index (χ1n) is 18.3. The number of aliphatic hydroxyl groups excluding tert-OH is 1. The smallest absolute Gasteiger partial charge is 0.417 e. The van der Waals surface area contributed by atoms with Crippen LogP contribution in [-0.2, 0) is 37.3 Å². The van der Waals surface area contributed by atoms with Gasteiger partial charge in [-0.05, 0) is 54.2 Å². The molecule has 0 aliphatic rings. The van der Waals surface area contributed by atoms with E-state index in [9.17, 15) is 41.5 Å². The van der Waals surface area contributed by atoms with Gasteiger partial charge in [0.05, 0.1) is 36.6 Å². The summed E-state index contributed by atoms with van der Waals surface area (Å²) in [5.41, 5.74) is -4.08. The molecule has 4 nitrogen and oxygen atoms in total. The van der Waals surface area contributed by atoms with E-state index in [4.69, 9.17) is 0 Å². The molecule has 0 atom stereocenters. The predicted molar refractivity (Wildman–Crippen MR) is 211 cm³/mol. The van der Waals surface area contributed by atoms with Gasteiger partial charge in [0.25, 0.3) is 0 Å². The molecule has 0 amide bonds. The quantitative estimate of drug-likeness (QED) is 0.0497. The minimum atomic E-state index is -5.14. The van der Waals surface area contributed by atoms with Crippen molar-refractivity contribution in [3.8, 4) is 28.5 Å². The van der Waals surface area contributed by atoms with Gasteiger partial charge < -0.3 is 5.11 Å². The number of aromatic nitrogens is 1. The van der Waals surface area contributed by atoms with Crippen molar-refractivity contribution in [2.75, 3.05) is 0 Å². The van der Waals surface area contributed by atoms with Crippen molar-refractivity contribution in [2.45, 2.75) is 85.4 Å². The molecule has 0 spiro atoms. The number of rotatable bonds is 10. The molecule has 0 saturated heterocycles. The number of alkyl halides is 6. The molecule has 0 fully saturated rings. The van der Waals surface area contributed by atoms with Crippen LogP contribution in [0.5, 0.6) is 0 Å². The van der Waals surface area contributed by atoms with Gasteiger partial charge in [-0.15, -0.1) is 28.8 Å². The van der Waals surface area contributed by atoms with Crippen LogP contribution in [-0.4, -0.2) is 23.9 Å². The Kier molecular flexibility index (Phi) is 15.4. The molecule has 0 aliphatic heterocycles. The SMILES string of the molecule is CCC(CC)C(=O)/C=C(\O)C(CC)CC.C[Si](C)(C)c1cc(-c2cc3c(-c4c(C(F)(F)F)cc(C#N)cc4C(F)(F)F)cccc3cn2)[c-]c2ccccc12.[Ir]. The normalized spacial score (nSPS) is 12.4. The second-order valence-electron chi connectivity index (χ2n) is 14.5. The van der Waals surface area contributed by atoms with E-state index in [1.165, 1.54) is 36.5 Å². The van der Waals surface area contributed by atoms with Crippen LogP contribution in [0.1, 0.15) is 70.1 Å². The molecule has 12 heteroatoms. The van der Waals surface area contributed by atoms with Crippen molar-refractivity contribution in [3.63, 3.8) is 0 Å². The van der Waals surface area contributed by atoms with Crippen LogP contribution in [0, 0.1) is 29.2 Å². The number of fused-ring (bicyclic) bond motifs is 2. The maximum Gasteiger partial charge on any atom is 0.417 e. The number of nitriles is 1. The van der Waals surface area contributed by atoms with Crippen LogP contribution >= 0.6 is 0 Å². The van der Waals surface area contributed by atoms with Crippen molar-refractivity contribution in [2.24, 2.45) is 11.8 Å². The van der Waals surface area contributed by atoms with E-state index in [0.717, 1.165) is 41.6 Å². The molecule has 0 unspecified atom stereocenters. The Hall–Kier alpha value is -4.30. The summed E-state index contributed by atoms with van der Waals surface area (Å²) < 4.78 is 85.1. The van der Waals surface area contributed by atoms with Crippen molar-refractivity contribution in [1.82, 2.24) is 4.98 Å². The Balaban J connectivity index is 0.000000448. The molecule has 1 radical (unpaired) electrons. The molecule has 56 heavy (non-hydrogen) atoms. The number of benzene rings is 4. The van der Waals surface area contributed by atoms with Gasteiger partial charge in [-0.2, -0.15) is 31.6 Å². The third kappa shape index (κ3) is 10.5. The van der Waals surface area contributed by atoms with Gasteiger partial charge in [0.1, 0.15) is 0 Å². The minimum Gasteiger partial charge on any atom is -0.512 e. The summed E-state index contributed by atoms with van der Waals surface area (Å²) >= 11 is 0. The Morgan fingerprint density at radius 1 is 0.839 bits per heavy atom. The number of nitrogens with zero attached hydrogens (tertiary/aromatic N) is 2. The first-order valence-corrected chi connectivity index (χ1v) is 21.8. The average Bonchev–Trinajstić information content (AvgIpc) is 3.13. The van der Waals surface area contributed by atoms with Gasteiger partial charge in [0, 0.05) is 55.5 Å². The predicted octanol–water partition coefficient (Wildman–Crippen LogP) is 12.8. The van der Waals surface area contributed by atoms with Crippen LogP contribution in [0.3, 0.4) is 0 Å². The number of hydrogen-bond donors (Lipinski definition) is 1. The third-order valence-corrected chi connectivity index (χ3v) is 11.9. The molecule has 1 heterocycles. The number of pyridine rings is 1.